The van der Waals surface area contributed by atoms with Crippen molar-refractivity contribution in [2.24, 2.45) is 0 Å². The van der Waals surface area contributed by atoms with Crippen LogP contribution in [0.25, 0.3) is 10.9 Å². The number of benzene rings is 1. The topological polar surface area (TPSA) is 38.0 Å². The lowest BCUT2D eigenvalue weighted by Crippen LogP contribution is -2.05. The summed E-state index contributed by atoms with van der Waals surface area (Å²) in [6, 6.07) is 9.99. The lowest BCUT2D eigenvalue weighted by Gasteiger charge is -2.06. The summed E-state index contributed by atoms with van der Waals surface area (Å²) in [5.41, 5.74) is 1.80. The highest BCUT2D eigenvalue weighted by atomic mass is 16.5. The molecule has 2 aromatic rings. The van der Waals surface area contributed by atoms with Crippen LogP contribution >= 0.6 is 0 Å². The largest absolute Gasteiger partial charge is 0.380 e. The molecule has 88 valence electrons. The molecule has 0 saturated heterocycles. The molecule has 3 nitrogen and oxygen atoms in total. The maximum atomic E-state index is 8.89. The predicted molar refractivity (Wildman–Crippen MR) is 67.8 cm³/mol. The van der Waals surface area contributed by atoms with Crippen LogP contribution in [-0.4, -0.2) is 17.8 Å². The third kappa shape index (κ3) is 2.66. The van der Waals surface area contributed by atoms with Crippen LogP contribution in [0.3, 0.4) is 0 Å². The van der Waals surface area contributed by atoms with Gasteiger partial charge in [0.05, 0.1) is 18.2 Å². The van der Waals surface area contributed by atoms with Crippen LogP contribution in [0.5, 0.6) is 0 Å². The van der Waals surface area contributed by atoms with E-state index in [1.54, 1.807) is 0 Å². The van der Waals surface area contributed by atoms with Crippen molar-refractivity contribution in [3.8, 4) is 6.07 Å². The summed E-state index contributed by atoms with van der Waals surface area (Å²) >= 11 is 0. The summed E-state index contributed by atoms with van der Waals surface area (Å²) in [7, 11) is 0. The summed E-state index contributed by atoms with van der Waals surface area (Å²) in [6.45, 7) is 4.46. The highest BCUT2D eigenvalue weighted by Gasteiger charge is 2.02. The minimum absolute atomic E-state index is 0.701. The summed E-state index contributed by atoms with van der Waals surface area (Å²) in [4.78, 5) is 0. The predicted octanol–water partition coefficient (Wildman–Crippen LogP) is 2.94. The van der Waals surface area contributed by atoms with Gasteiger partial charge in [0.25, 0.3) is 0 Å². The maximum Gasteiger partial charge on any atom is 0.0992 e. The van der Waals surface area contributed by atoms with Crippen molar-refractivity contribution in [3.63, 3.8) is 0 Å². The number of hydrogen-bond donors (Lipinski definition) is 0. The molecule has 0 atom stereocenters. The fourth-order valence-electron chi connectivity index (χ4n) is 1.86. The Kier molecular flexibility index (Phi) is 3.79. The van der Waals surface area contributed by atoms with Gasteiger partial charge in [-0.3, -0.25) is 0 Å². The van der Waals surface area contributed by atoms with Gasteiger partial charge in [0.15, 0.2) is 0 Å². The number of hydrogen-bond acceptors (Lipinski definition) is 2. The first kappa shape index (κ1) is 11.7. The SMILES string of the molecule is CCCOCCn1ccc2ccc(C#N)cc21. The second-order valence-corrected chi connectivity index (χ2v) is 4.01. The Balaban J connectivity index is 2.14. The minimum Gasteiger partial charge on any atom is -0.380 e. The van der Waals surface area contributed by atoms with Gasteiger partial charge in [0, 0.05) is 24.9 Å². The summed E-state index contributed by atoms with van der Waals surface area (Å²) < 4.78 is 7.61. The van der Waals surface area contributed by atoms with Gasteiger partial charge < -0.3 is 9.30 Å². The molecule has 0 spiro atoms. The third-order valence-corrected chi connectivity index (χ3v) is 2.73. The molecular formula is C14H16N2O. The van der Waals surface area contributed by atoms with Gasteiger partial charge in [-0.05, 0) is 30.0 Å². The molecule has 0 fully saturated rings. The second kappa shape index (κ2) is 5.51. The molecule has 0 radical (unpaired) electrons. The Morgan fingerprint density at radius 2 is 2.18 bits per heavy atom. The standard InChI is InChI=1S/C14H16N2O/c1-2-8-17-9-7-16-6-5-13-4-3-12(11-15)10-14(13)16/h3-6,10H,2,7-9H2,1H3. The first-order valence-electron chi connectivity index (χ1n) is 5.92. The number of rotatable bonds is 5. The van der Waals surface area contributed by atoms with E-state index in [0.29, 0.717) is 12.2 Å². The summed E-state index contributed by atoms with van der Waals surface area (Å²) in [5, 5.41) is 10.1. The zero-order chi connectivity index (χ0) is 12.1. The molecule has 1 aromatic heterocycles. The lowest BCUT2D eigenvalue weighted by molar-refractivity contribution is 0.127. The van der Waals surface area contributed by atoms with E-state index >= 15 is 0 Å². The molecule has 0 aliphatic carbocycles. The van der Waals surface area contributed by atoms with Gasteiger partial charge in [-0.25, -0.2) is 0 Å². The van der Waals surface area contributed by atoms with E-state index in [9.17, 15) is 0 Å². The van der Waals surface area contributed by atoms with E-state index in [1.807, 2.05) is 24.4 Å². The van der Waals surface area contributed by atoms with E-state index in [2.05, 4.69) is 23.6 Å². The minimum atomic E-state index is 0.701. The van der Waals surface area contributed by atoms with Crippen LogP contribution in [0.1, 0.15) is 18.9 Å². The first-order valence-corrected chi connectivity index (χ1v) is 5.92. The monoisotopic (exact) mass is 228 g/mol. The third-order valence-electron chi connectivity index (χ3n) is 2.73. The highest BCUT2D eigenvalue weighted by molar-refractivity contribution is 5.81. The van der Waals surface area contributed by atoms with Crippen molar-refractivity contribution in [2.45, 2.75) is 19.9 Å². The molecule has 0 saturated carbocycles. The van der Waals surface area contributed by atoms with Crippen LogP contribution in [0.4, 0.5) is 0 Å². The van der Waals surface area contributed by atoms with Crippen LogP contribution in [0, 0.1) is 11.3 Å². The lowest BCUT2D eigenvalue weighted by atomic mass is 10.2. The van der Waals surface area contributed by atoms with Gasteiger partial charge in [-0.1, -0.05) is 13.0 Å². The number of nitriles is 1. The molecule has 3 heteroatoms. The van der Waals surface area contributed by atoms with E-state index in [0.717, 1.165) is 25.1 Å². The van der Waals surface area contributed by atoms with E-state index < -0.39 is 0 Å². The number of ether oxygens (including phenoxy) is 1. The average Bonchev–Trinajstić information content (AvgIpc) is 2.77. The molecule has 2 rings (SSSR count). The molecule has 0 aliphatic rings. The molecule has 17 heavy (non-hydrogen) atoms. The molecule has 1 aromatic carbocycles. The summed E-state index contributed by atoms with van der Waals surface area (Å²) in [6.07, 6.45) is 3.09. The van der Waals surface area contributed by atoms with Crippen LogP contribution in [0.2, 0.25) is 0 Å². The van der Waals surface area contributed by atoms with Gasteiger partial charge in [0.2, 0.25) is 0 Å². The molecule has 0 bridgehead atoms. The quantitative estimate of drug-likeness (QED) is 0.738. The van der Waals surface area contributed by atoms with Crippen LogP contribution in [0.15, 0.2) is 30.5 Å². The van der Waals surface area contributed by atoms with Gasteiger partial charge in [-0.15, -0.1) is 0 Å². The van der Waals surface area contributed by atoms with Gasteiger partial charge >= 0.3 is 0 Å². The van der Waals surface area contributed by atoms with E-state index in [-0.39, 0.29) is 0 Å². The smallest absolute Gasteiger partial charge is 0.0992 e. The zero-order valence-corrected chi connectivity index (χ0v) is 10.0. The molecule has 0 amide bonds. The zero-order valence-electron chi connectivity index (χ0n) is 10.0. The van der Waals surface area contributed by atoms with Crippen LogP contribution < -0.4 is 0 Å². The van der Waals surface area contributed by atoms with Crippen molar-refractivity contribution in [2.75, 3.05) is 13.2 Å². The first-order chi connectivity index (χ1) is 8.35. The second-order valence-electron chi connectivity index (χ2n) is 4.01. The van der Waals surface area contributed by atoms with E-state index in [1.165, 1.54) is 5.39 Å². The molecule has 0 aliphatic heterocycles. The Morgan fingerprint density at radius 3 is 2.94 bits per heavy atom. The number of nitrogens with zero attached hydrogens (tertiary/aromatic N) is 2. The van der Waals surface area contributed by atoms with Crippen molar-refractivity contribution in [1.29, 1.82) is 5.26 Å². The summed E-state index contributed by atoms with van der Waals surface area (Å²) in [5.74, 6) is 0. The molecule has 0 N–H and O–H groups in total. The Morgan fingerprint density at radius 1 is 1.29 bits per heavy atom. The highest BCUT2D eigenvalue weighted by Crippen LogP contribution is 2.17. The van der Waals surface area contributed by atoms with Crippen molar-refractivity contribution in [1.82, 2.24) is 4.57 Å². The number of aromatic nitrogens is 1. The molecule has 1 heterocycles. The van der Waals surface area contributed by atoms with Gasteiger partial charge in [-0.2, -0.15) is 5.26 Å². The Labute approximate surface area is 101 Å². The van der Waals surface area contributed by atoms with Crippen molar-refractivity contribution < 1.29 is 4.74 Å². The Bertz CT molecular complexity index is 537. The fourth-order valence-corrected chi connectivity index (χ4v) is 1.86. The normalized spacial score (nSPS) is 10.6. The molecular weight excluding hydrogens is 212 g/mol. The fraction of sp³-hybridized carbons (Fsp3) is 0.357. The van der Waals surface area contributed by atoms with Crippen LogP contribution in [-0.2, 0) is 11.3 Å². The van der Waals surface area contributed by atoms with Gasteiger partial charge in [0.1, 0.15) is 0 Å². The van der Waals surface area contributed by atoms with Crippen molar-refractivity contribution >= 4 is 10.9 Å². The van der Waals surface area contributed by atoms with E-state index in [4.69, 9.17) is 10.00 Å². The average molecular weight is 228 g/mol. The van der Waals surface area contributed by atoms with Crippen molar-refractivity contribution in [3.05, 3.63) is 36.0 Å². The number of fused-ring (bicyclic) bond motifs is 1. The Hall–Kier alpha value is -1.79. The molecule has 0 unspecified atom stereocenters. The maximum absolute atomic E-state index is 8.89.